The zero-order valence-electron chi connectivity index (χ0n) is 17.4. The molecule has 0 spiro atoms. The quantitative estimate of drug-likeness (QED) is 0.598. The molecular weight excluding hydrogens is 368 g/mol. The van der Waals surface area contributed by atoms with Crippen LogP contribution in [0.1, 0.15) is 52.0 Å². The van der Waals surface area contributed by atoms with Crippen LogP contribution in [0, 0.1) is 0 Å². The van der Waals surface area contributed by atoms with Gasteiger partial charge in [0.1, 0.15) is 5.60 Å². The maximum absolute atomic E-state index is 13.1. The van der Waals surface area contributed by atoms with Crippen LogP contribution in [-0.4, -0.2) is 34.8 Å². The van der Waals surface area contributed by atoms with Crippen LogP contribution in [-0.2, 0) is 20.8 Å². The summed E-state index contributed by atoms with van der Waals surface area (Å²) in [4.78, 5) is 25.6. The molecule has 0 radical (unpaired) electrons. The Morgan fingerprint density at radius 2 is 1.83 bits per heavy atom. The van der Waals surface area contributed by atoms with Gasteiger partial charge in [-0.1, -0.05) is 42.5 Å². The van der Waals surface area contributed by atoms with Crippen LogP contribution in [0.5, 0.6) is 0 Å². The topological polar surface area (TPSA) is 81.9 Å². The Morgan fingerprint density at radius 3 is 2.48 bits per heavy atom. The summed E-state index contributed by atoms with van der Waals surface area (Å²) in [6.45, 7) is 6.45. The Hall–Kier alpha value is -2.60. The number of rotatable bonds is 5. The molecule has 2 N–H and O–H groups in total. The van der Waals surface area contributed by atoms with Gasteiger partial charge in [-0.15, -0.1) is 0 Å². The SMILES string of the molecule is CC(C)(C)OC(=O)N(Cc1cccc2ccccc12)C1CCC(N)(OC=O)CC1. The molecule has 1 fully saturated rings. The zero-order valence-corrected chi connectivity index (χ0v) is 17.4. The third-order valence-electron chi connectivity index (χ3n) is 5.37. The molecule has 1 aliphatic rings. The fraction of sp³-hybridized carbons (Fsp3) is 0.478. The van der Waals surface area contributed by atoms with E-state index in [1.165, 1.54) is 0 Å². The molecule has 2 aromatic rings. The highest BCUT2D eigenvalue weighted by molar-refractivity contribution is 5.86. The van der Waals surface area contributed by atoms with Crippen molar-refractivity contribution in [1.29, 1.82) is 0 Å². The number of hydrogen-bond donors (Lipinski definition) is 1. The predicted octanol–water partition coefficient (Wildman–Crippen LogP) is 4.35. The minimum absolute atomic E-state index is 0.0317. The second kappa shape index (κ2) is 8.41. The molecule has 6 heteroatoms. The molecule has 0 unspecified atom stereocenters. The van der Waals surface area contributed by atoms with Crippen molar-refractivity contribution in [2.75, 3.05) is 0 Å². The van der Waals surface area contributed by atoms with Crippen LogP contribution in [0.4, 0.5) is 4.79 Å². The average Bonchev–Trinajstić information content (AvgIpc) is 2.66. The molecule has 1 saturated carbocycles. The number of carbonyl (C=O) groups excluding carboxylic acids is 2. The lowest BCUT2D eigenvalue weighted by Crippen LogP contribution is -2.51. The molecule has 0 aliphatic heterocycles. The van der Waals surface area contributed by atoms with Gasteiger partial charge in [-0.25, -0.2) is 4.79 Å². The highest BCUT2D eigenvalue weighted by Gasteiger charge is 2.38. The number of hydrogen-bond acceptors (Lipinski definition) is 5. The van der Waals surface area contributed by atoms with Crippen molar-refractivity contribution in [3.8, 4) is 0 Å². The van der Waals surface area contributed by atoms with Gasteiger partial charge in [-0.05, 0) is 49.9 Å². The molecule has 29 heavy (non-hydrogen) atoms. The van der Waals surface area contributed by atoms with E-state index in [0.717, 1.165) is 16.3 Å². The fourth-order valence-electron chi connectivity index (χ4n) is 3.89. The number of nitrogens with two attached hydrogens (primary N) is 1. The summed E-state index contributed by atoms with van der Waals surface area (Å²) >= 11 is 0. The second-order valence-electron chi connectivity index (χ2n) is 8.76. The summed E-state index contributed by atoms with van der Waals surface area (Å²) in [6, 6.07) is 14.2. The Labute approximate surface area is 172 Å². The molecule has 156 valence electrons. The van der Waals surface area contributed by atoms with Gasteiger partial charge in [0.15, 0.2) is 5.72 Å². The van der Waals surface area contributed by atoms with E-state index in [-0.39, 0.29) is 12.1 Å². The van der Waals surface area contributed by atoms with Crippen LogP contribution in [0.3, 0.4) is 0 Å². The van der Waals surface area contributed by atoms with Gasteiger partial charge < -0.3 is 14.4 Å². The molecule has 1 aliphatic carbocycles. The molecule has 3 rings (SSSR count). The maximum atomic E-state index is 13.1. The van der Waals surface area contributed by atoms with Gasteiger partial charge in [-0.3, -0.25) is 10.5 Å². The maximum Gasteiger partial charge on any atom is 0.410 e. The van der Waals surface area contributed by atoms with E-state index in [0.29, 0.717) is 38.7 Å². The van der Waals surface area contributed by atoms with E-state index in [2.05, 4.69) is 18.2 Å². The molecule has 0 atom stereocenters. The first kappa shape index (κ1) is 21.1. The van der Waals surface area contributed by atoms with Crippen molar-refractivity contribution in [2.24, 2.45) is 5.73 Å². The molecule has 0 heterocycles. The van der Waals surface area contributed by atoms with Crippen molar-refractivity contribution in [2.45, 2.75) is 70.4 Å². The summed E-state index contributed by atoms with van der Waals surface area (Å²) in [6.07, 6.45) is 1.97. The smallest absolute Gasteiger partial charge is 0.410 e. The monoisotopic (exact) mass is 398 g/mol. The van der Waals surface area contributed by atoms with E-state index in [1.807, 2.05) is 45.0 Å². The van der Waals surface area contributed by atoms with Crippen LogP contribution >= 0.6 is 0 Å². The van der Waals surface area contributed by atoms with Crippen molar-refractivity contribution in [3.63, 3.8) is 0 Å². The number of benzene rings is 2. The van der Waals surface area contributed by atoms with Crippen molar-refractivity contribution >= 4 is 23.3 Å². The van der Waals surface area contributed by atoms with Crippen molar-refractivity contribution in [3.05, 3.63) is 48.0 Å². The summed E-state index contributed by atoms with van der Waals surface area (Å²) in [7, 11) is 0. The first-order valence-corrected chi connectivity index (χ1v) is 10.1. The van der Waals surface area contributed by atoms with E-state index >= 15 is 0 Å². The normalized spacial score (nSPS) is 22.1. The highest BCUT2D eigenvalue weighted by Crippen LogP contribution is 2.32. The van der Waals surface area contributed by atoms with Gasteiger partial charge in [-0.2, -0.15) is 0 Å². The van der Waals surface area contributed by atoms with Gasteiger partial charge in [0.05, 0.1) is 0 Å². The number of nitrogens with zero attached hydrogens (tertiary/aromatic N) is 1. The number of carbonyl (C=O) groups is 2. The van der Waals surface area contributed by atoms with Gasteiger partial charge in [0.25, 0.3) is 6.47 Å². The Bertz CT molecular complexity index is 861. The first-order valence-electron chi connectivity index (χ1n) is 10.1. The van der Waals surface area contributed by atoms with Crippen LogP contribution in [0.2, 0.25) is 0 Å². The third kappa shape index (κ3) is 5.26. The van der Waals surface area contributed by atoms with E-state index < -0.39 is 11.3 Å². The molecule has 0 bridgehead atoms. The van der Waals surface area contributed by atoms with Crippen molar-refractivity contribution in [1.82, 2.24) is 4.90 Å². The summed E-state index contributed by atoms with van der Waals surface area (Å²) in [5, 5.41) is 2.26. The molecule has 0 saturated heterocycles. The van der Waals surface area contributed by atoms with Crippen LogP contribution in [0.25, 0.3) is 10.8 Å². The summed E-state index contributed by atoms with van der Waals surface area (Å²) < 4.78 is 10.8. The first-order chi connectivity index (χ1) is 13.7. The standard InChI is InChI=1S/C23H30N2O4/c1-22(2,3)29-21(27)25(19-11-13-23(24,14-12-19)28-16-26)15-18-9-6-8-17-7-4-5-10-20(17)18/h4-10,16,19H,11-15,24H2,1-3H3. The summed E-state index contributed by atoms with van der Waals surface area (Å²) in [5.74, 6) is 0. The van der Waals surface area contributed by atoms with E-state index in [9.17, 15) is 9.59 Å². The van der Waals surface area contributed by atoms with Crippen LogP contribution < -0.4 is 5.73 Å². The van der Waals surface area contributed by atoms with Gasteiger partial charge in [0, 0.05) is 25.4 Å². The molecular formula is C23H30N2O4. The largest absolute Gasteiger partial charge is 0.446 e. The lowest BCUT2D eigenvalue weighted by atomic mass is 9.87. The Balaban J connectivity index is 1.86. The van der Waals surface area contributed by atoms with Gasteiger partial charge >= 0.3 is 6.09 Å². The molecule has 0 aromatic heterocycles. The third-order valence-corrected chi connectivity index (χ3v) is 5.37. The fourth-order valence-corrected chi connectivity index (χ4v) is 3.89. The lowest BCUT2D eigenvalue weighted by molar-refractivity contribution is -0.147. The molecule has 6 nitrogen and oxygen atoms in total. The average molecular weight is 399 g/mol. The predicted molar refractivity (Wildman–Crippen MR) is 112 cm³/mol. The summed E-state index contributed by atoms with van der Waals surface area (Å²) in [5.41, 5.74) is 5.69. The van der Waals surface area contributed by atoms with Crippen LogP contribution in [0.15, 0.2) is 42.5 Å². The minimum atomic E-state index is -0.947. The number of ether oxygens (including phenoxy) is 2. The van der Waals surface area contributed by atoms with E-state index in [4.69, 9.17) is 15.2 Å². The van der Waals surface area contributed by atoms with E-state index in [1.54, 1.807) is 4.90 Å². The van der Waals surface area contributed by atoms with Crippen molar-refractivity contribution < 1.29 is 19.1 Å². The van der Waals surface area contributed by atoms with Gasteiger partial charge in [0.2, 0.25) is 0 Å². The Morgan fingerprint density at radius 1 is 1.17 bits per heavy atom. The number of amides is 1. The second-order valence-corrected chi connectivity index (χ2v) is 8.76. The molecule has 2 aromatic carbocycles. The zero-order chi connectivity index (χ0) is 21.1. The highest BCUT2D eigenvalue weighted by atomic mass is 16.6. The number of fused-ring (bicyclic) bond motifs is 1. The lowest BCUT2D eigenvalue weighted by Gasteiger charge is -2.40. The Kier molecular flexibility index (Phi) is 6.13. The molecule has 1 amide bonds. The minimum Gasteiger partial charge on any atom is -0.446 e.